The Balaban J connectivity index is 1.09. The molecule has 0 saturated carbocycles. The number of imide groups is 1. The van der Waals surface area contributed by atoms with E-state index in [1.54, 1.807) is 12.1 Å². The quantitative estimate of drug-likeness (QED) is 0.280. The minimum absolute atomic E-state index is 0.158. The van der Waals surface area contributed by atoms with Crippen molar-refractivity contribution in [2.24, 2.45) is 0 Å². The summed E-state index contributed by atoms with van der Waals surface area (Å²) in [5.41, 5.74) is 3.34. The molecule has 5 rings (SSSR count). The monoisotopic (exact) mass is 485 g/mol. The lowest BCUT2D eigenvalue weighted by atomic mass is 10.0. The molecule has 0 unspecified atom stereocenters. The van der Waals surface area contributed by atoms with E-state index < -0.39 is 0 Å². The number of aryl methyl sites for hydroxylation is 1. The number of fused-ring (bicyclic) bond motifs is 2. The summed E-state index contributed by atoms with van der Waals surface area (Å²) in [5.74, 6) is 0.599. The summed E-state index contributed by atoms with van der Waals surface area (Å²) in [6.07, 6.45) is 9.23. The molecule has 0 atom stereocenters. The number of amides is 2. The third kappa shape index (κ3) is 5.29. The van der Waals surface area contributed by atoms with Crippen LogP contribution >= 0.6 is 0 Å². The number of hydrogen-bond donors (Lipinski definition) is 0. The SMILES string of the molecule is CCCCc1cc(OC2CCN(CCCCN3C(=O)c4ccccc4C3=O)CC2)c2ncccc2c1. The number of rotatable bonds is 10. The molecule has 2 aromatic carbocycles. The lowest BCUT2D eigenvalue weighted by Crippen LogP contribution is -2.39. The number of aromatic nitrogens is 1. The predicted octanol–water partition coefficient (Wildman–Crippen LogP) is 5.50. The van der Waals surface area contributed by atoms with Gasteiger partial charge in [0.05, 0.1) is 11.1 Å². The fourth-order valence-electron chi connectivity index (χ4n) is 5.31. The molecule has 188 valence electrons. The first-order chi connectivity index (χ1) is 17.6. The first-order valence-corrected chi connectivity index (χ1v) is 13.4. The molecule has 6 heteroatoms. The third-order valence-electron chi connectivity index (χ3n) is 7.36. The van der Waals surface area contributed by atoms with Gasteiger partial charge in [-0.25, -0.2) is 0 Å². The molecule has 36 heavy (non-hydrogen) atoms. The summed E-state index contributed by atoms with van der Waals surface area (Å²) in [4.78, 5) is 33.5. The van der Waals surface area contributed by atoms with E-state index in [4.69, 9.17) is 4.74 Å². The fraction of sp³-hybridized carbons (Fsp3) is 0.433. The number of hydrogen-bond acceptors (Lipinski definition) is 5. The minimum Gasteiger partial charge on any atom is -0.488 e. The Labute approximate surface area is 213 Å². The second-order valence-electron chi connectivity index (χ2n) is 9.95. The highest BCUT2D eigenvalue weighted by Gasteiger charge is 2.34. The van der Waals surface area contributed by atoms with E-state index in [1.807, 2.05) is 24.4 Å². The molecular formula is C30H35N3O3. The summed E-state index contributed by atoms with van der Waals surface area (Å²) < 4.78 is 6.51. The number of likely N-dealkylation sites (tertiary alicyclic amines) is 1. The average Bonchev–Trinajstić information content (AvgIpc) is 3.15. The Kier molecular flexibility index (Phi) is 7.61. The Hall–Kier alpha value is -3.25. The smallest absolute Gasteiger partial charge is 0.261 e. The van der Waals surface area contributed by atoms with Crippen molar-refractivity contribution in [3.63, 3.8) is 0 Å². The number of pyridine rings is 1. The maximum atomic E-state index is 12.5. The molecule has 3 heterocycles. The zero-order chi connectivity index (χ0) is 24.9. The summed E-state index contributed by atoms with van der Waals surface area (Å²) in [6.45, 7) is 5.68. The Morgan fingerprint density at radius 3 is 2.36 bits per heavy atom. The first kappa shape index (κ1) is 24.4. The topological polar surface area (TPSA) is 62.7 Å². The molecule has 2 amide bonds. The van der Waals surface area contributed by atoms with Crippen molar-refractivity contribution >= 4 is 22.7 Å². The van der Waals surface area contributed by atoms with Gasteiger partial charge in [-0.2, -0.15) is 0 Å². The molecule has 0 N–H and O–H groups in total. The highest BCUT2D eigenvalue weighted by Crippen LogP contribution is 2.29. The molecule has 6 nitrogen and oxygen atoms in total. The molecule has 0 radical (unpaired) electrons. The van der Waals surface area contributed by atoms with Crippen molar-refractivity contribution in [2.75, 3.05) is 26.2 Å². The van der Waals surface area contributed by atoms with Gasteiger partial charge in [0.25, 0.3) is 11.8 Å². The van der Waals surface area contributed by atoms with E-state index in [1.165, 1.54) is 23.3 Å². The van der Waals surface area contributed by atoms with E-state index >= 15 is 0 Å². The van der Waals surface area contributed by atoms with Crippen molar-refractivity contribution in [1.29, 1.82) is 0 Å². The summed E-state index contributed by atoms with van der Waals surface area (Å²) in [5, 5.41) is 1.15. The molecule has 2 aliphatic heterocycles. The van der Waals surface area contributed by atoms with Crippen LogP contribution in [0.4, 0.5) is 0 Å². The van der Waals surface area contributed by atoms with Gasteiger partial charge in [-0.1, -0.05) is 31.5 Å². The zero-order valence-corrected chi connectivity index (χ0v) is 21.1. The summed E-state index contributed by atoms with van der Waals surface area (Å²) in [6, 6.07) is 15.6. The third-order valence-corrected chi connectivity index (χ3v) is 7.36. The van der Waals surface area contributed by atoms with E-state index in [0.29, 0.717) is 17.7 Å². The van der Waals surface area contributed by atoms with Crippen molar-refractivity contribution in [1.82, 2.24) is 14.8 Å². The van der Waals surface area contributed by atoms with Gasteiger partial charge < -0.3 is 9.64 Å². The van der Waals surface area contributed by atoms with Gasteiger partial charge in [-0.05, 0) is 81.0 Å². The van der Waals surface area contributed by atoms with Gasteiger partial charge in [-0.15, -0.1) is 0 Å². The number of carbonyl (C=O) groups is 2. The highest BCUT2D eigenvalue weighted by molar-refractivity contribution is 6.21. The minimum atomic E-state index is -0.158. The van der Waals surface area contributed by atoms with Crippen LogP contribution in [0.5, 0.6) is 5.75 Å². The molecule has 2 aliphatic rings. The van der Waals surface area contributed by atoms with Crippen LogP contribution in [0.15, 0.2) is 54.7 Å². The first-order valence-electron chi connectivity index (χ1n) is 13.4. The molecule has 0 bridgehead atoms. The van der Waals surface area contributed by atoms with Gasteiger partial charge >= 0.3 is 0 Å². The second-order valence-corrected chi connectivity index (χ2v) is 9.95. The molecule has 1 fully saturated rings. The Morgan fingerprint density at radius 1 is 0.917 bits per heavy atom. The number of ether oxygens (including phenoxy) is 1. The maximum Gasteiger partial charge on any atom is 0.261 e. The number of unbranched alkanes of at least 4 members (excludes halogenated alkanes) is 2. The fourth-order valence-corrected chi connectivity index (χ4v) is 5.31. The van der Waals surface area contributed by atoms with Crippen LogP contribution in [-0.4, -0.2) is 58.9 Å². The molecule has 1 saturated heterocycles. The number of piperidine rings is 1. The van der Waals surface area contributed by atoms with Crippen LogP contribution in [0.3, 0.4) is 0 Å². The largest absolute Gasteiger partial charge is 0.488 e. The van der Waals surface area contributed by atoms with Crippen molar-refractivity contribution < 1.29 is 14.3 Å². The normalized spacial score (nSPS) is 16.6. The molecule has 0 aliphatic carbocycles. The number of benzene rings is 2. The van der Waals surface area contributed by atoms with Crippen molar-refractivity contribution in [3.05, 3.63) is 71.4 Å². The van der Waals surface area contributed by atoms with Gasteiger partial charge in [0.2, 0.25) is 0 Å². The zero-order valence-electron chi connectivity index (χ0n) is 21.1. The van der Waals surface area contributed by atoms with Gasteiger partial charge in [0.15, 0.2) is 0 Å². The Bertz CT molecular complexity index is 1200. The second kappa shape index (κ2) is 11.2. The summed E-state index contributed by atoms with van der Waals surface area (Å²) >= 11 is 0. The van der Waals surface area contributed by atoms with Crippen molar-refractivity contribution in [2.45, 2.75) is 58.0 Å². The van der Waals surface area contributed by atoms with E-state index in [9.17, 15) is 9.59 Å². The van der Waals surface area contributed by atoms with E-state index in [0.717, 1.165) is 68.4 Å². The van der Waals surface area contributed by atoms with Crippen LogP contribution in [0.25, 0.3) is 10.9 Å². The molecular weight excluding hydrogens is 450 g/mol. The molecule has 0 spiro atoms. The van der Waals surface area contributed by atoms with Gasteiger partial charge in [-0.3, -0.25) is 19.5 Å². The lowest BCUT2D eigenvalue weighted by Gasteiger charge is -2.32. The average molecular weight is 486 g/mol. The standard InChI is InChI=1S/C30H35N3O3/c1-2-3-9-22-20-23-10-8-15-31-28(23)27(21-22)36-24-13-18-32(19-14-24)16-6-7-17-33-29(34)25-11-4-5-12-26(25)30(33)35/h4-5,8,10-12,15,20-21,24H,2-3,6-7,9,13-14,16-19H2,1H3. The van der Waals surface area contributed by atoms with Gasteiger partial charge in [0.1, 0.15) is 17.4 Å². The van der Waals surface area contributed by atoms with Crippen LogP contribution in [-0.2, 0) is 6.42 Å². The number of nitrogens with zero attached hydrogens (tertiary/aromatic N) is 3. The van der Waals surface area contributed by atoms with Crippen LogP contribution in [0, 0.1) is 0 Å². The lowest BCUT2D eigenvalue weighted by molar-refractivity contribution is 0.0646. The molecule has 3 aromatic rings. The van der Waals surface area contributed by atoms with E-state index in [-0.39, 0.29) is 17.9 Å². The van der Waals surface area contributed by atoms with Crippen molar-refractivity contribution in [3.8, 4) is 5.75 Å². The van der Waals surface area contributed by atoms with Crippen LogP contribution in [0.2, 0.25) is 0 Å². The molecule has 1 aromatic heterocycles. The maximum absolute atomic E-state index is 12.5. The predicted molar refractivity (Wildman–Crippen MR) is 141 cm³/mol. The summed E-state index contributed by atoms with van der Waals surface area (Å²) in [7, 11) is 0. The van der Waals surface area contributed by atoms with Crippen LogP contribution in [0.1, 0.15) is 71.7 Å². The number of carbonyl (C=O) groups excluding carboxylic acids is 2. The van der Waals surface area contributed by atoms with E-state index in [2.05, 4.69) is 35.0 Å². The van der Waals surface area contributed by atoms with Crippen LogP contribution < -0.4 is 4.74 Å². The Morgan fingerprint density at radius 2 is 1.64 bits per heavy atom. The highest BCUT2D eigenvalue weighted by atomic mass is 16.5. The van der Waals surface area contributed by atoms with Gasteiger partial charge in [0, 0.05) is 31.2 Å².